The number of nitrogens with zero attached hydrogens (tertiary/aromatic N) is 1. The molecule has 0 saturated carbocycles. The van der Waals surface area contributed by atoms with Crippen molar-refractivity contribution in [3.8, 4) is 11.5 Å². The van der Waals surface area contributed by atoms with E-state index in [-0.39, 0.29) is 15.7 Å². The molecule has 0 heterocycles. The van der Waals surface area contributed by atoms with Crippen molar-refractivity contribution in [2.45, 2.75) is 13.5 Å². The van der Waals surface area contributed by atoms with Crippen LogP contribution in [0.1, 0.15) is 18.1 Å². The van der Waals surface area contributed by atoms with E-state index >= 15 is 0 Å². The third kappa shape index (κ3) is 6.64. The van der Waals surface area contributed by atoms with Crippen molar-refractivity contribution in [2.75, 3.05) is 11.9 Å². The van der Waals surface area contributed by atoms with Gasteiger partial charge in [0.2, 0.25) is 0 Å². The maximum atomic E-state index is 12.2. The minimum absolute atomic E-state index is 0.134. The van der Waals surface area contributed by atoms with Crippen LogP contribution in [0.15, 0.2) is 82.4 Å². The van der Waals surface area contributed by atoms with Gasteiger partial charge in [-0.1, -0.05) is 71.7 Å². The minimum Gasteiger partial charge on any atom is -0.490 e. The number of hydrogen-bond donors (Lipinski definition) is 2. The summed E-state index contributed by atoms with van der Waals surface area (Å²) >= 11 is 15.5. The molecule has 10 heteroatoms. The number of hydrogen-bond acceptors (Lipinski definition) is 5. The van der Waals surface area contributed by atoms with Crippen molar-refractivity contribution in [1.29, 1.82) is 0 Å². The molecule has 4 aromatic carbocycles. The van der Waals surface area contributed by atoms with Crippen LogP contribution in [0, 0.1) is 0 Å². The zero-order valence-electron chi connectivity index (χ0n) is 20.1. The summed E-state index contributed by atoms with van der Waals surface area (Å²) in [5.41, 5.74) is 4.06. The van der Waals surface area contributed by atoms with Gasteiger partial charge >= 0.3 is 11.8 Å². The second kappa shape index (κ2) is 12.8. The average molecular weight is 615 g/mol. The SMILES string of the molecule is CCOc1cc(/C=N/NC(=O)C(=O)Nc2cccc(Cl)c2Cl)cc(Br)c1OCc1cccc2ccccc12. The molecule has 4 rings (SSSR count). The summed E-state index contributed by atoms with van der Waals surface area (Å²) in [6.07, 6.45) is 1.39. The fourth-order valence-corrected chi connectivity index (χ4v) is 4.55. The summed E-state index contributed by atoms with van der Waals surface area (Å²) < 4.78 is 12.6. The quantitative estimate of drug-likeness (QED) is 0.127. The number of nitrogens with one attached hydrogen (secondary N) is 2. The van der Waals surface area contributed by atoms with Crippen LogP contribution in [0.5, 0.6) is 11.5 Å². The molecule has 0 spiro atoms. The number of ether oxygens (including phenoxy) is 2. The summed E-state index contributed by atoms with van der Waals surface area (Å²) in [5.74, 6) is -0.877. The number of benzene rings is 4. The summed E-state index contributed by atoms with van der Waals surface area (Å²) in [6, 6.07) is 22.4. The van der Waals surface area contributed by atoms with Crippen LogP contribution in [-0.4, -0.2) is 24.6 Å². The lowest BCUT2D eigenvalue weighted by Gasteiger charge is -2.15. The van der Waals surface area contributed by atoms with Gasteiger partial charge < -0.3 is 14.8 Å². The number of fused-ring (bicyclic) bond motifs is 1. The molecule has 0 bridgehead atoms. The molecule has 0 aliphatic rings. The maximum absolute atomic E-state index is 12.2. The Balaban J connectivity index is 1.44. The maximum Gasteiger partial charge on any atom is 0.329 e. The second-order valence-electron chi connectivity index (χ2n) is 7.94. The van der Waals surface area contributed by atoms with Crippen LogP contribution in [0.3, 0.4) is 0 Å². The smallest absolute Gasteiger partial charge is 0.329 e. The van der Waals surface area contributed by atoms with Gasteiger partial charge in [0.25, 0.3) is 0 Å². The first kappa shape index (κ1) is 27.4. The molecule has 0 unspecified atom stereocenters. The lowest BCUT2D eigenvalue weighted by molar-refractivity contribution is -0.136. The van der Waals surface area contributed by atoms with Gasteiger partial charge in [0.1, 0.15) is 6.61 Å². The molecule has 0 aliphatic heterocycles. The normalized spacial score (nSPS) is 10.9. The molecule has 0 atom stereocenters. The predicted octanol–water partition coefficient (Wildman–Crippen LogP) is 6.98. The van der Waals surface area contributed by atoms with Crippen LogP contribution in [0.4, 0.5) is 5.69 Å². The summed E-state index contributed by atoms with van der Waals surface area (Å²) in [5, 5.41) is 8.92. The van der Waals surface area contributed by atoms with Gasteiger partial charge in [-0.25, -0.2) is 5.43 Å². The van der Waals surface area contributed by atoms with Crippen LogP contribution < -0.4 is 20.2 Å². The Morgan fingerprint density at radius 3 is 2.55 bits per heavy atom. The summed E-state index contributed by atoms with van der Waals surface area (Å²) in [6.45, 7) is 2.63. The molecule has 4 aromatic rings. The first-order valence-electron chi connectivity index (χ1n) is 11.5. The molecule has 0 radical (unpaired) electrons. The zero-order valence-corrected chi connectivity index (χ0v) is 23.2. The van der Waals surface area contributed by atoms with E-state index < -0.39 is 11.8 Å². The van der Waals surface area contributed by atoms with E-state index in [1.807, 2.05) is 31.2 Å². The Bertz CT molecular complexity index is 1520. The molecule has 0 fully saturated rings. The van der Waals surface area contributed by atoms with E-state index in [9.17, 15) is 9.59 Å². The van der Waals surface area contributed by atoms with Crippen LogP contribution in [0.25, 0.3) is 10.8 Å². The Hall–Kier alpha value is -3.59. The molecule has 7 nitrogen and oxygen atoms in total. The predicted molar refractivity (Wildman–Crippen MR) is 154 cm³/mol. The topological polar surface area (TPSA) is 89.0 Å². The van der Waals surface area contributed by atoms with E-state index in [1.54, 1.807) is 24.3 Å². The third-order valence-electron chi connectivity index (χ3n) is 5.37. The lowest BCUT2D eigenvalue weighted by atomic mass is 10.1. The number of anilines is 1. The van der Waals surface area contributed by atoms with Crippen LogP contribution in [0.2, 0.25) is 10.0 Å². The van der Waals surface area contributed by atoms with E-state index in [0.717, 1.165) is 16.3 Å². The molecule has 38 heavy (non-hydrogen) atoms. The first-order chi connectivity index (χ1) is 18.4. The van der Waals surface area contributed by atoms with Gasteiger partial charge in [0.15, 0.2) is 11.5 Å². The number of amides is 2. The highest BCUT2D eigenvalue weighted by molar-refractivity contribution is 9.10. The van der Waals surface area contributed by atoms with Gasteiger partial charge in [-0.05, 0) is 69.0 Å². The van der Waals surface area contributed by atoms with Crippen molar-refractivity contribution >= 4 is 73.6 Å². The molecule has 194 valence electrons. The Morgan fingerprint density at radius 2 is 1.74 bits per heavy atom. The largest absolute Gasteiger partial charge is 0.490 e. The van der Waals surface area contributed by atoms with Crippen LogP contribution in [-0.2, 0) is 16.2 Å². The van der Waals surface area contributed by atoms with Gasteiger partial charge in [0, 0.05) is 0 Å². The molecule has 0 saturated heterocycles. The third-order valence-corrected chi connectivity index (χ3v) is 6.78. The van der Waals surface area contributed by atoms with Crippen molar-refractivity contribution < 1.29 is 19.1 Å². The minimum atomic E-state index is -0.976. The lowest BCUT2D eigenvalue weighted by Crippen LogP contribution is -2.32. The highest BCUT2D eigenvalue weighted by Crippen LogP contribution is 2.37. The number of halogens is 3. The van der Waals surface area contributed by atoms with Crippen molar-refractivity contribution in [1.82, 2.24) is 5.43 Å². The Morgan fingerprint density at radius 1 is 0.974 bits per heavy atom. The fraction of sp³-hybridized carbons (Fsp3) is 0.107. The van der Waals surface area contributed by atoms with Gasteiger partial charge in [-0.2, -0.15) is 5.10 Å². The molecule has 0 aliphatic carbocycles. The molecule has 0 aromatic heterocycles. The van der Waals surface area contributed by atoms with E-state index in [1.165, 1.54) is 12.3 Å². The standard InChI is InChI=1S/C28H22BrCl2N3O4/c1-2-37-24-14-17(15-32-34-28(36)27(35)33-23-12-6-11-22(30)25(23)31)13-21(29)26(24)38-16-19-9-5-8-18-7-3-4-10-20(18)19/h3-15H,2,16H2,1H3,(H,33,35)(H,34,36)/b32-15+. The fourth-order valence-electron chi connectivity index (χ4n) is 3.63. The number of carbonyl (C=O) groups is 2. The van der Waals surface area contributed by atoms with E-state index in [2.05, 4.69) is 50.0 Å². The van der Waals surface area contributed by atoms with Gasteiger partial charge in [0.05, 0.1) is 33.0 Å². The second-order valence-corrected chi connectivity index (χ2v) is 9.58. The van der Waals surface area contributed by atoms with E-state index in [0.29, 0.717) is 34.7 Å². The average Bonchev–Trinajstić information content (AvgIpc) is 2.91. The van der Waals surface area contributed by atoms with Crippen molar-refractivity contribution in [3.63, 3.8) is 0 Å². The first-order valence-corrected chi connectivity index (χ1v) is 13.1. The van der Waals surface area contributed by atoms with Crippen molar-refractivity contribution in [3.05, 3.63) is 98.4 Å². The van der Waals surface area contributed by atoms with Gasteiger partial charge in [-0.15, -0.1) is 0 Å². The number of carbonyl (C=O) groups excluding carboxylic acids is 2. The summed E-state index contributed by atoms with van der Waals surface area (Å²) in [4.78, 5) is 24.4. The monoisotopic (exact) mass is 613 g/mol. The highest BCUT2D eigenvalue weighted by Gasteiger charge is 2.16. The zero-order chi connectivity index (χ0) is 27.1. The van der Waals surface area contributed by atoms with E-state index in [4.69, 9.17) is 32.7 Å². The van der Waals surface area contributed by atoms with Crippen LogP contribution >= 0.6 is 39.1 Å². The number of hydrazone groups is 1. The van der Waals surface area contributed by atoms with Gasteiger partial charge in [-0.3, -0.25) is 9.59 Å². The molecular formula is C28H22BrCl2N3O4. The Kier molecular flexibility index (Phi) is 9.23. The molecular weight excluding hydrogens is 593 g/mol. The Labute approximate surface area is 237 Å². The highest BCUT2D eigenvalue weighted by atomic mass is 79.9. The summed E-state index contributed by atoms with van der Waals surface area (Å²) in [7, 11) is 0. The molecule has 2 amide bonds. The van der Waals surface area contributed by atoms with Crippen molar-refractivity contribution in [2.24, 2.45) is 5.10 Å². The molecule has 2 N–H and O–H groups in total. The number of rotatable bonds is 8.